The van der Waals surface area contributed by atoms with Crippen LogP contribution in [0, 0.1) is 19.7 Å². The van der Waals surface area contributed by atoms with Crippen molar-refractivity contribution in [1.82, 2.24) is 4.72 Å². The summed E-state index contributed by atoms with van der Waals surface area (Å²) in [6.07, 6.45) is 1.60. The van der Waals surface area contributed by atoms with Gasteiger partial charge in [-0.1, -0.05) is 19.1 Å². The molecule has 3 aromatic carbocycles. The molecule has 10 heteroatoms. The largest absolute Gasteiger partial charge is 0.492 e. The zero-order valence-corrected chi connectivity index (χ0v) is 25.3. The van der Waals surface area contributed by atoms with Gasteiger partial charge < -0.3 is 19.3 Å². The molecule has 0 spiro atoms. The van der Waals surface area contributed by atoms with Gasteiger partial charge in [-0.3, -0.25) is 4.79 Å². The molecule has 0 unspecified atom stereocenters. The van der Waals surface area contributed by atoms with Crippen LogP contribution < -0.4 is 18.9 Å². The van der Waals surface area contributed by atoms with Gasteiger partial charge in [0.15, 0.2) is 0 Å². The first-order valence-corrected chi connectivity index (χ1v) is 16.3. The average Bonchev–Trinajstić information content (AvgIpc) is 3.51. The fourth-order valence-electron chi connectivity index (χ4n) is 6.69. The van der Waals surface area contributed by atoms with Crippen molar-refractivity contribution in [2.75, 3.05) is 13.2 Å². The van der Waals surface area contributed by atoms with E-state index in [1.807, 2.05) is 38.1 Å². The molecule has 0 saturated heterocycles. The van der Waals surface area contributed by atoms with E-state index in [0.29, 0.717) is 61.6 Å². The lowest BCUT2D eigenvalue weighted by atomic mass is 9.90. The number of carboxylic acid groups (broad SMARTS) is 1. The van der Waals surface area contributed by atoms with E-state index >= 15 is 4.39 Å². The van der Waals surface area contributed by atoms with Crippen molar-refractivity contribution in [3.05, 3.63) is 76.1 Å². The third-order valence-corrected chi connectivity index (χ3v) is 10.7. The van der Waals surface area contributed by atoms with E-state index in [-0.39, 0.29) is 24.3 Å². The van der Waals surface area contributed by atoms with Crippen LogP contribution in [0.3, 0.4) is 0 Å². The van der Waals surface area contributed by atoms with Gasteiger partial charge in [0.25, 0.3) is 0 Å². The molecular weight excluding hydrogens is 573 g/mol. The molecule has 6 rings (SSSR count). The number of ether oxygens (including phenoxy) is 3. The molecule has 1 aliphatic heterocycles. The van der Waals surface area contributed by atoms with E-state index in [2.05, 4.69) is 4.72 Å². The van der Waals surface area contributed by atoms with Gasteiger partial charge in [0.1, 0.15) is 35.3 Å². The molecule has 228 valence electrons. The van der Waals surface area contributed by atoms with E-state index < -0.39 is 27.3 Å². The Morgan fingerprint density at radius 2 is 1.81 bits per heavy atom. The normalized spacial score (nSPS) is 22.3. The number of halogens is 1. The van der Waals surface area contributed by atoms with Crippen LogP contribution in [0.15, 0.2) is 42.5 Å². The van der Waals surface area contributed by atoms with Gasteiger partial charge in [-0.2, -0.15) is 0 Å². The van der Waals surface area contributed by atoms with E-state index in [1.54, 1.807) is 19.1 Å². The molecule has 1 heterocycles. The van der Waals surface area contributed by atoms with Gasteiger partial charge in [-0.15, -0.1) is 0 Å². The van der Waals surface area contributed by atoms with E-state index in [9.17, 15) is 13.2 Å². The number of hydrogen-bond donors (Lipinski definition) is 2. The van der Waals surface area contributed by atoms with Gasteiger partial charge in [-0.05, 0) is 78.8 Å². The van der Waals surface area contributed by atoms with Crippen molar-refractivity contribution in [1.29, 1.82) is 0 Å². The summed E-state index contributed by atoms with van der Waals surface area (Å²) in [6, 6.07) is 12.7. The zero-order valence-electron chi connectivity index (χ0n) is 24.5. The van der Waals surface area contributed by atoms with Gasteiger partial charge >= 0.3 is 5.97 Å². The van der Waals surface area contributed by atoms with Crippen LogP contribution >= 0.6 is 0 Å². The van der Waals surface area contributed by atoms with Gasteiger partial charge in [0, 0.05) is 42.5 Å². The predicted octanol–water partition coefficient (Wildman–Crippen LogP) is 5.98. The van der Waals surface area contributed by atoms with Crippen molar-refractivity contribution in [2.24, 2.45) is 0 Å². The summed E-state index contributed by atoms with van der Waals surface area (Å²) in [5.74, 6) is 0.508. The quantitative estimate of drug-likeness (QED) is 0.291. The van der Waals surface area contributed by atoms with Crippen molar-refractivity contribution in [3.63, 3.8) is 0 Å². The van der Waals surface area contributed by atoms with Crippen molar-refractivity contribution < 1.29 is 36.9 Å². The topological polar surface area (TPSA) is 111 Å². The summed E-state index contributed by atoms with van der Waals surface area (Å²) in [7, 11) is -3.30. The molecule has 8 nitrogen and oxygen atoms in total. The highest BCUT2D eigenvalue weighted by molar-refractivity contribution is 7.90. The lowest BCUT2D eigenvalue weighted by Gasteiger charge is -2.35. The average molecular weight is 610 g/mol. The minimum Gasteiger partial charge on any atom is -0.492 e. The fourth-order valence-corrected chi connectivity index (χ4v) is 8.27. The Balaban J connectivity index is 1.20. The van der Waals surface area contributed by atoms with Crippen LogP contribution in [0.2, 0.25) is 0 Å². The fraction of sp³-hybridized carbons (Fsp3) is 0.424. The summed E-state index contributed by atoms with van der Waals surface area (Å²) in [5.41, 5.74) is 6.33. The van der Waals surface area contributed by atoms with Crippen LogP contribution in [0.25, 0.3) is 11.1 Å². The third-order valence-electron chi connectivity index (χ3n) is 8.76. The number of benzene rings is 3. The second kappa shape index (κ2) is 11.5. The van der Waals surface area contributed by atoms with Crippen molar-refractivity contribution in [3.8, 4) is 28.4 Å². The molecule has 2 aliphatic carbocycles. The molecule has 43 heavy (non-hydrogen) atoms. The van der Waals surface area contributed by atoms with Gasteiger partial charge in [0.05, 0.1) is 18.3 Å². The molecule has 0 aromatic heterocycles. The van der Waals surface area contributed by atoms with Gasteiger partial charge in [0.2, 0.25) is 10.0 Å². The number of nitrogens with one attached hydrogen (secondary N) is 1. The Labute approximate surface area is 251 Å². The molecule has 0 amide bonds. The summed E-state index contributed by atoms with van der Waals surface area (Å²) < 4.78 is 60.5. The first-order chi connectivity index (χ1) is 20.5. The van der Waals surface area contributed by atoms with Crippen LogP contribution in [0.5, 0.6) is 17.2 Å². The lowest BCUT2D eigenvalue weighted by Crippen LogP contribution is -2.47. The molecule has 1 saturated carbocycles. The number of aryl methyl sites for hydroxylation is 2. The van der Waals surface area contributed by atoms with Crippen LogP contribution in [0.1, 0.15) is 72.4 Å². The Kier molecular flexibility index (Phi) is 7.85. The summed E-state index contributed by atoms with van der Waals surface area (Å²) in [6.45, 7) is 6.48. The molecular formula is C33H36FNO7S. The Morgan fingerprint density at radius 1 is 1.07 bits per heavy atom. The highest BCUT2D eigenvalue weighted by Crippen LogP contribution is 2.45. The molecule has 3 aromatic rings. The van der Waals surface area contributed by atoms with E-state index in [1.165, 1.54) is 6.07 Å². The molecule has 0 bridgehead atoms. The zero-order chi connectivity index (χ0) is 30.5. The smallest absolute Gasteiger partial charge is 0.304 e. The van der Waals surface area contributed by atoms with Crippen LogP contribution in [0.4, 0.5) is 4.39 Å². The maximum Gasteiger partial charge on any atom is 0.304 e. The first-order valence-electron chi connectivity index (χ1n) is 14.8. The van der Waals surface area contributed by atoms with Gasteiger partial charge in [-0.25, -0.2) is 17.5 Å². The number of rotatable bonds is 10. The maximum absolute atomic E-state index is 15.3. The Bertz CT molecular complexity index is 1660. The van der Waals surface area contributed by atoms with E-state index in [0.717, 1.165) is 33.4 Å². The van der Waals surface area contributed by atoms with Crippen molar-refractivity contribution >= 4 is 16.0 Å². The predicted molar refractivity (Wildman–Crippen MR) is 160 cm³/mol. The Morgan fingerprint density at radius 3 is 2.51 bits per heavy atom. The highest BCUT2D eigenvalue weighted by atomic mass is 32.2. The summed E-state index contributed by atoms with van der Waals surface area (Å²) in [4.78, 5) is 11.2. The monoisotopic (exact) mass is 609 g/mol. The van der Waals surface area contributed by atoms with E-state index in [4.69, 9.17) is 19.3 Å². The number of carboxylic acids is 1. The minimum absolute atomic E-state index is 0.00522. The molecule has 2 N–H and O–H groups in total. The summed E-state index contributed by atoms with van der Waals surface area (Å²) >= 11 is 0. The Hall–Kier alpha value is -3.63. The minimum atomic E-state index is -3.30. The maximum atomic E-state index is 15.3. The molecule has 3 aliphatic rings. The highest BCUT2D eigenvalue weighted by Gasteiger charge is 2.40. The molecule has 1 fully saturated rings. The SMILES string of the molecule is CCNS(=O)(=O)C1CC(Oc2cc(C)c(-c3ccc(F)c4c3CC[C@H]4Oc3ccc4c(c3)OC[C@H]4CC(=O)O)c(C)c2)C1. The molecule has 0 radical (unpaired) electrons. The standard InChI is InChI=1S/C33H36FNO7S/c1-4-35-43(38,39)24-14-23(15-24)41-22-11-18(2)32(19(3)12-22)26-7-9-28(34)33-27(26)8-10-29(33)42-21-5-6-25-20(13-31(36)37)17-40-30(25)16-21/h5-7,9,11-12,16,20,23-24,29,35H,4,8,10,13-15,17H2,1-3H3,(H,36,37)/t20-,23?,24?,29-/m1/s1. The van der Waals surface area contributed by atoms with Crippen LogP contribution in [-0.4, -0.2) is 44.0 Å². The van der Waals surface area contributed by atoms with Crippen molar-refractivity contribution in [2.45, 2.75) is 76.3 Å². The lowest BCUT2D eigenvalue weighted by molar-refractivity contribution is -0.137. The third kappa shape index (κ3) is 5.70. The summed E-state index contributed by atoms with van der Waals surface area (Å²) in [5, 5.41) is 8.75. The number of fused-ring (bicyclic) bond motifs is 2. The second-order valence-electron chi connectivity index (χ2n) is 11.7. The van der Waals surface area contributed by atoms with Crippen LogP contribution in [-0.2, 0) is 21.2 Å². The first kappa shape index (κ1) is 29.4. The number of carbonyl (C=O) groups is 1. The number of sulfonamides is 1. The molecule has 2 atom stereocenters. The number of aliphatic carboxylic acids is 1. The number of hydrogen-bond acceptors (Lipinski definition) is 6. The second-order valence-corrected chi connectivity index (χ2v) is 13.8.